The zero-order valence-corrected chi connectivity index (χ0v) is 19.2. The van der Waals surface area contributed by atoms with Gasteiger partial charge in [-0.25, -0.2) is 9.97 Å². The molecule has 1 atom stereocenters. The van der Waals surface area contributed by atoms with E-state index in [-0.39, 0.29) is 17.9 Å². The first-order valence-corrected chi connectivity index (χ1v) is 11.3. The lowest BCUT2D eigenvalue weighted by molar-refractivity contribution is -0.135. The van der Waals surface area contributed by atoms with E-state index in [1.54, 1.807) is 20.4 Å². The van der Waals surface area contributed by atoms with Gasteiger partial charge in [-0.15, -0.1) is 0 Å². The summed E-state index contributed by atoms with van der Waals surface area (Å²) < 4.78 is 10.6. The topological polar surface area (TPSA) is 90.6 Å². The molecule has 4 rings (SSSR count). The van der Waals surface area contributed by atoms with E-state index < -0.39 is 0 Å². The number of nitrogens with two attached hydrogens (primary N) is 1. The lowest BCUT2D eigenvalue weighted by Crippen LogP contribution is -2.39. The average molecular weight is 447 g/mol. The monoisotopic (exact) mass is 446 g/mol. The molecule has 1 aliphatic rings. The van der Waals surface area contributed by atoms with Crippen LogP contribution in [-0.4, -0.2) is 41.5 Å². The summed E-state index contributed by atoms with van der Waals surface area (Å²) in [7, 11) is 3.29. The van der Waals surface area contributed by atoms with Gasteiger partial charge in [0.25, 0.3) is 0 Å². The molecule has 1 amide bonds. The van der Waals surface area contributed by atoms with Gasteiger partial charge in [-0.3, -0.25) is 4.79 Å². The minimum atomic E-state index is -0.131. The van der Waals surface area contributed by atoms with E-state index >= 15 is 0 Å². The average Bonchev–Trinajstić information content (AvgIpc) is 2.87. The van der Waals surface area contributed by atoms with Crippen molar-refractivity contribution < 1.29 is 14.3 Å². The van der Waals surface area contributed by atoms with E-state index in [1.165, 1.54) is 0 Å². The van der Waals surface area contributed by atoms with Gasteiger partial charge in [0, 0.05) is 24.7 Å². The first kappa shape index (κ1) is 22.6. The zero-order valence-electron chi connectivity index (χ0n) is 19.2. The van der Waals surface area contributed by atoms with Crippen LogP contribution in [0.2, 0.25) is 0 Å². The van der Waals surface area contributed by atoms with Crippen molar-refractivity contribution in [2.75, 3.05) is 26.5 Å². The van der Waals surface area contributed by atoms with E-state index in [9.17, 15) is 4.79 Å². The van der Waals surface area contributed by atoms with E-state index in [1.807, 2.05) is 53.4 Å². The number of hydrogen-bond acceptors (Lipinski definition) is 6. The SMILES string of the molecule is COc1ccc(CCC(=O)N2CCCC[C@@H]2c2nc(N)ncc2-c2cccc(OC)c2)cc1. The third-order valence-corrected chi connectivity index (χ3v) is 6.14. The van der Waals surface area contributed by atoms with Gasteiger partial charge < -0.3 is 20.1 Å². The molecule has 0 spiro atoms. The lowest BCUT2D eigenvalue weighted by atomic mass is 9.93. The number of methoxy groups -OCH3 is 2. The van der Waals surface area contributed by atoms with E-state index in [0.29, 0.717) is 19.4 Å². The van der Waals surface area contributed by atoms with Crippen LogP contribution < -0.4 is 15.2 Å². The molecule has 2 aromatic carbocycles. The Balaban J connectivity index is 1.58. The van der Waals surface area contributed by atoms with Crippen LogP contribution in [0.1, 0.15) is 43.0 Å². The standard InChI is InChI=1S/C26H30N4O3/c1-32-20-12-9-18(10-13-20)11-14-24(31)30-15-4-3-8-23(30)25-22(17-28-26(27)29-25)19-6-5-7-21(16-19)33-2/h5-7,9-10,12-13,16-17,23H,3-4,8,11,14-15H2,1-2H3,(H2,27,28,29)/t23-/m1/s1. The largest absolute Gasteiger partial charge is 0.497 e. The number of rotatable bonds is 7. The minimum Gasteiger partial charge on any atom is -0.497 e. The van der Waals surface area contributed by atoms with Crippen molar-refractivity contribution in [1.29, 1.82) is 0 Å². The van der Waals surface area contributed by atoms with Crippen molar-refractivity contribution in [3.8, 4) is 22.6 Å². The number of anilines is 1. The number of aromatic nitrogens is 2. The zero-order chi connectivity index (χ0) is 23.2. The number of aryl methyl sites for hydroxylation is 1. The highest BCUT2D eigenvalue weighted by atomic mass is 16.5. The number of amides is 1. The molecule has 1 aromatic heterocycles. The smallest absolute Gasteiger partial charge is 0.223 e. The molecule has 1 aliphatic heterocycles. The van der Waals surface area contributed by atoms with Crippen LogP contribution in [0.3, 0.4) is 0 Å². The molecule has 33 heavy (non-hydrogen) atoms. The highest BCUT2D eigenvalue weighted by Gasteiger charge is 2.31. The number of nitrogens with zero attached hydrogens (tertiary/aromatic N) is 3. The molecular weight excluding hydrogens is 416 g/mol. The Morgan fingerprint density at radius 2 is 1.88 bits per heavy atom. The third kappa shape index (κ3) is 5.25. The van der Waals surface area contributed by atoms with Gasteiger partial charge in [0.1, 0.15) is 11.5 Å². The summed E-state index contributed by atoms with van der Waals surface area (Å²) in [6.45, 7) is 0.716. The van der Waals surface area contributed by atoms with Gasteiger partial charge in [-0.1, -0.05) is 24.3 Å². The molecular formula is C26H30N4O3. The number of carbonyl (C=O) groups is 1. The van der Waals surface area contributed by atoms with Gasteiger partial charge in [-0.05, 0) is 61.1 Å². The first-order chi connectivity index (χ1) is 16.1. The maximum Gasteiger partial charge on any atom is 0.223 e. The van der Waals surface area contributed by atoms with Crippen LogP contribution in [-0.2, 0) is 11.2 Å². The van der Waals surface area contributed by atoms with Crippen molar-refractivity contribution in [2.24, 2.45) is 0 Å². The lowest BCUT2D eigenvalue weighted by Gasteiger charge is -2.36. The Bertz CT molecular complexity index is 1100. The fourth-order valence-electron chi connectivity index (χ4n) is 4.38. The second-order valence-corrected chi connectivity index (χ2v) is 8.21. The Kier molecular flexibility index (Phi) is 7.07. The van der Waals surface area contributed by atoms with E-state index in [0.717, 1.165) is 53.1 Å². The molecule has 1 fully saturated rings. The van der Waals surface area contributed by atoms with Crippen LogP contribution in [0.5, 0.6) is 11.5 Å². The molecule has 3 aromatic rings. The molecule has 2 heterocycles. The summed E-state index contributed by atoms with van der Waals surface area (Å²) in [5, 5.41) is 0. The van der Waals surface area contributed by atoms with Crippen molar-refractivity contribution >= 4 is 11.9 Å². The number of carbonyl (C=O) groups excluding carboxylic acids is 1. The second kappa shape index (κ2) is 10.3. The Morgan fingerprint density at radius 1 is 1.09 bits per heavy atom. The van der Waals surface area contributed by atoms with Crippen LogP contribution in [0, 0.1) is 0 Å². The number of nitrogen functional groups attached to an aromatic ring is 1. The third-order valence-electron chi connectivity index (χ3n) is 6.14. The minimum absolute atomic E-state index is 0.129. The van der Waals surface area contributed by atoms with Crippen molar-refractivity contribution in [2.45, 2.75) is 38.1 Å². The summed E-state index contributed by atoms with van der Waals surface area (Å²) in [5.41, 5.74) is 9.72. The molecule has 0 radical (unpaired) electrons. The highest BCUT2D eigenvalue weighted by molar-refractivity contribution is 5.78. The van der Waals surface area contributed by atoms with Crippen LogP contribution >= 0.6 is 0 Å². The van der Waals surface area contributed by atoms with Gasteiger partial charge in [-0.2, -0.15) is 0 Å². The van der Waals surface area contributed by atoms with Gasteiger partial charge in [0.15, 0.2) is 0 Å². The first-order valence-electron chi connectivity index (χ1n) is 11.3. The van der Waals surface area contributed by atoms with Crippen molar-refractivity contribution in [1.82, 2.24) is 14.9 Å². The van der Waals surface area contributed by atoms with Crippen LogP contribution in [0.15, 0.2) is 54.7 Å². The molecule has 172 valence electrons. The molecule has 0 saturated carbocycles. The second-order valence-electron chi connectivity index (χ2n) is 8.21. The van der Waals surface area contributed by atoms with Gasteiger partial charge in [0.05, 0.1) is 26.0 Å². The van der Waals surface area contributed by atoms with E-state index in [2.05, 4.69) is 9.97 Å². The maximum atomic E-state index is 13.3. The van der Waals surface area contributed by atoms with Crippen LogP contribution in [0.4, 0.5) is 5.95 Å². The number of likely N-dealkylation sites (tertiary alicyclic amines) is 1. The molecule has 0 bridgehead atoms. The van der Waals surface area contributed by atoms with Crippen molar-refractivity contribution in [3.05, 3.63) is 66.0 Å². The molecule has 1 saturated heterocycles. The number of piperidine rings is 1. The Hall–Kier alpha value is -3.61. The summed E-state index contributed by atoms with van der Waals surface area (Å²) in [4.78, 5) is 24.1. The summed E-state index contributed by atoms with van der Waals surface area (Å²) in [6, 6.07) is 15.5. The molecule has 2 N–H and O–H groups in total. The van der Waals surface area contributed by atoms with Gasteiger partial charge in [0.2, 0.25) is 11.9 Å². The Morgan fingerprint density at radius 3 is 2.64 bits per heavy atom. The number of benzene rings is 2. The van der Waals surface area contributed by atoms with E-state index in [4.69, 9.17) is 15.2 Å². The predicted octanol–water partition coefficient (Wildman–Crippen LogP) is 4.43. The fourth-order valence-corrected chi connectivity index (χ4v) is 4.38. The summed E-state index contributed by atoms with van der Waals surface area (Å²) in [5.74, 6) is 1.91. The van der Waals surface area contributed by atoms with Crippen LogP contribution in [0.25, 0.3) is 11.1 Å². The molecule has 7 heteroatoms. The number of hydrogen-bond donors (Lipinski definition) is 1. The maximum absolute atomic E-state index is 13.3. The Labute approximate surface area is 194 Å². The predicted molar refractivity (Wildman–Crippen MR) is 128 cm³/mol. The summed E-state index contributed by atoms with van der Waals surface area (Å²) in [6.07, 6.45) is 5.75. The molecule has 0 unspecified atom stereocenters. The molecule has 7 nitrogen and oxygen atoms in total. The quantitative estimate of drug-likeness (QED) is 0.577. The fraction of sp³-hybridized carbons (Fsp3) is 0.346. The number of ether oxygens (including phenoxy) is 2. The highest BCUT2D eigenvalue weighted by Crippen LogP contribution is 2.37. The van der Waals surface area contributed by atoms with Gasteiger partial charge >= 0.3 is 0 Å². The molecule has 0 aliphatic carbocycles. The normalized spacial score (nSPS) is 15.8. The van der Waals surface area contributed by atoms with Crippen molar-refractivity contribution in [3.63, 3.8) is 0 Å². The summed E-state index contributed by atoms with van der Waals surface area (Å²) >= 11 is 0.